The van der Waals surface area contributed by atoms with Crippen LogP contribution in [0.2, 0.25) is 5.02 Å². The second kappa shape index (κ2) is 9.28. The second-order valence-corrected chi connectivity index (χ2v) is 9.85. The highest BCUT2D eigenvalue weighted by Gasteiger charge is 2.27. The molecule has 9 heteroatoms. The van der Waals surface area contributed by atoms with E-state index in [1.807, 2.05) is 33.0 Å². The molecule has 0 spiro atoms. The number of hydrogen-bond acceptors (Lipinski definition) is 6. The molecule has 1 amide bonds. The molecule has 4 rings (SSSR count). The lowest BCUT2D eigenvalue weighted by atomic mass is 9.99. The van der Waals surface area contributed by atoms with Gasteiger partial charge in [0.2, 0.25) is 0 Å². The van der Waals surface area contributed by atoms with Gasteiger partial charge in [-0.3, -0.25) is 0 Å². The minimum absolute atomic E-state index is 0.0501. The van der Waals surface area contributed by atoms with Gasteiger partial charge in [0.15, 0.2) is 0 Å². The molecule has 3 aromatic rings. The Balaban J connectivity index is 1.46. The van der Waals surface area contributed by atoms with Gasteiger partial charge in [-0.15, -0.1) is 0 Å². The quantitative estimate of drug-likeness (QED) is 0.543. The van der Waals surface area contributed by atoms with Gasteiger partial charge in [0, 0.05) is 25.3 Å². The highest BCUT2D eigenvalue weighted by atomic mass is 35.5. The number of piperidine rings is 1. The molecule has 1 aliphatic heterocycles. The van der Waals surface area contributed by atoms with E-state index in [2.05, 4.69) is 25.9 Å². The van der Waals surface area contributed by atoms with Gasteiger partial charge in [-0.1, -0.05) is 32.4 Å². The van der Waals surface area contributed by atoms with Crippen molar-refractivity contribution in [2.45, 2.75) is 39.7 Å². The summed E-state index contributed by atoms with van der Waals surface area (Å²) in [5.74, 6) is 0.647. The number of anilines is 2. The van der Waals surface area contributed by atoms with Crippen molar-refractivity contribution < 1.29 is 9.53 Å². The summed E-state index contributed by atoms with van der Waals surface area (Å²) in [7, 11) is 0. The van der Waals surface area contributed by atoms with Crippen LogP contribution >= 0.6 is 11.6 Å². The summed E-state index contributed by atoms with van der Waals surface area (Å²) in [6.45, 7) is 7.83. The number of rotatable bonds is 4. The van der Waals surface area contributed by atoms with E-state index in [1.165, 1.54) is 6.33 Å². The summed E-state index contributed by atoms with van der Waals surface area (Å²) in [5, 5.41) is 13.6. The van der Waals surface area contributed by atoms with Crippen molar-refractivity contribution in [2.75, 3.05) is 25.0 Å². The predicted molar refractivity (Wildman–Crippen MR) is 128 cm³/mol. The van der Waals surface area contributed by atoms with Gasteiger partial charge < -0.3 is 19.5 Å². The van der Waals surface area contributed by atoms with Crippen LogP contribution in [-0.2, 0) is 4.74 Å². The maximum Gasteiger partial charge on any atom is 0.409 e. The molecule has 0 saturated carbocycles. The summed E-state index contributed by atoms with van der Waals surface area (Å²) < 4.78 is 7.61. The smallest absolute Gasteiger partial charge is 0.409 e. The molecule has 172 valence electrons. The molecule has 0 bridgehead atoms. The van der Waals surface area contributed by atoms with Crippen LogP contribution in [-0.4, -0.2) is 45.2 Å². The predicted octanol–water partition coefficient (Wildman–Crippen LogP) is 5.52. The highest BCUT2D eigenvalue weighted by molar-refractivity contribution is 6.33. The Labute approximate surface area is 198 Å². The number of halogens is 1. The van der Waals surface area contributed by atoms with Gasteiger partial charge in [-0.2, -0.15) is 5.26 Å². The molecular weight excluding hydrogens is 440 g/mol. The molecule has 0 unspecified atom stereocenters. The number of carbonyl (C=O) groups is 1. The molecule has 3 heterocycles. The third-order valence-electron chi connectivity index (χ3n) is 5.61. The summed E-state index contributed by atoms with van der Waals surface area (Å²) in [5.41, 5.74) is 1.94. The highest BCUT2D eigenvalue weighted by Crippen LogP contribution is 2.32. The van der Waals surface area contributed by atoms with Crippen LogP contribution in [0.5, 0.6) is 0 Å². The first-order chi connectivity index (χ1) is 15.7. The first-order valence-electron chi connectivity index (χ1n) is 10.9. The van der Waals surface area contributed by atoms with Crippen LogP contribution in [0.4, 0.5) is 16.3 Å². The molecule has 1 aliphatic rings. The average Bonchev–Trinajstić information content (AvgIpc) is 3.23. The number of hydrogen-bond donors (Lipinski definition) is 1. The third-order valence-corrected chi connectivity index (χ3v) is 5.92. The van der Waals surface area contributed by atoms with E-state index in [4.69, 9.17) is 21.6 Å². The van der Waals surface area contributed by atoms with E-state index in [-0.39, 0.29) is 17.6 Å². The zero-order valence-corrected chi connectivity index (χ0v) is 19.8. The number of ether oxygens (including phenoxy) is 1. The second-order valence-electron chi connectivity index (χ2n) is 9.45. The zero-order valence-electron chi connectivity index (χ0n) is 19.0. The molecule has 0 radical (unpaired) electrons. The van der Waals surface area contributed by atoms with Crippen LogP contribution < -0.4 is 5.32 Å². The topological polar surface area (TPSA) is 96.1 Å². The Morgan fingerprint density at radius 1 is 1.27 bits per heavy atom. The number of benzene rings is 1. The van der Waals surface area contributed by atoms with Crippen molar-refractivity contribution in [3.8, 4) is 6.07 Å². The summed E-state index contributed by atoms with van der Waals surface area (Å²) in [6, 6.07) is 9.38. The van der Waals surface area contributed by atoms with Crippen molar-refractivity contribution in [2.24, 2.45) is 5.41 Å². The average molecular weight is 467 g/mol. The number of fused-ring (bicyclic) bond motifs is 1. The molecule has 0 aliphatic carbocycles. The number of nitrogens with one attached hydrogen (secondary N) is 1. The largest absolute Gasteiger partial charge is 0.449 e. The standard InChI is InChI=1S/C24H27ClN6O2/c1-24(2,3)14-33-23(32)30-9-6-17(7-10-30)31-11-8-18-21(27-15-28-22(18)31)29-20-5-4-16(13-26)12-19(20)25/h4-5,8,11-12,15,17H,6-7,9-10,14H2,1-3H3,(H,27,28,29). The minimum Gasteiger partial charge on any atom is -0.449 e. The van der Waals surface area contributed by atoms with Crippen molar-refractivity contribution >= 4 is 40.2 Å². The van der Waals surface area contributed by atoms with Crippen molar-refractivity contribution in [3.63, 3.8) is 0 Å². The monoisotopic (exact) mass is 466 g/mol. The van der Waals surface area contributed by atoms with E-state index >= 15 is 0 Å². The van der Waals surface area contributed by atoms with Crippen LogP contribution in [0, 0.1) is 16.7 Å². The Hall–Kier alpha value is -3.31. The minimum atomic E-state index is -0.242. The number of nitrogens with zero attached hydrogens (tertiary/aromatic N) is 5. The molecule has 8 nitrogen and oxygen atoms in total. The van der Waals surface area contributed by atoms with E-state index in [9.17, 15) is 4.79 Å². The number of likely N-dealkylation sites (tertiary alicyclic amines) is 1. The first kappa shape index (κ1) is 22.9. The van der Waals surface area contributed by atoms with Crippen molar-refractivity contribution in [1.82, 2.24) is 19.4 Å². The third kappa shape index (κ3) is 5.20. The van der Waals surface area contributed by atoms with Crippen LogP contribution in [0.25, 0.3) is 11.0 Å². The molecule has 1 saturated heterocycles. The Morgan fingerprint density at radius 2 is 2.03 bits per heavy atom. The number of carbonyl (C=O) groups excluding carboxylic acids is 1. The fraction of sp³-hybridized carbons (Fsp3) is 0.417. The maximum absolute atomic E-state index is 12.4. The van der Waals surface area contributed by atoms with Gasteiger partial charge >= 0.3 is 6.09 Å². The van der Waals surface area contributed by atoms with Gasteiger partial charge in [0.05, 0.1) is 34.3 Å². The number of aromatic nitrogens is 3. The van der Waals surface area contributed by atoms with E-state index in [0.29, 0.717) is 41.8 Å². The molecule has 1 fully saturated rings. The summed E-state index contributed by atoms with van der Waals surface area (Å²) in [4.78, 5) is 23.1. The molecule has 1 N–H and O–H groups in total. The molecule has 2 aromatic heterocycles. The fourth-order valence-corrected chi connectivity index (χ4v) is 4.10. The summed E-state index contributed by atoms with van der Waals surface area (Å²) >= 11 is 6.32. The lowest BCUT2D eigenvalue weighted by molar-refractivity contribution is 0.0629. The van der Waals surface area contributed by atoms with Crippen LogP contribution in [0.15, 0.2) is 36.8 Å². The number of nitriles is 1. The normalized spacial score (nSPS) is 14.8. The molecule has 33 heavy (non-hydrogen) atoms. The van der Waals surface area contributed by atoms with Crippen LogP contribution in [0.3, 0.4) is 0 Å². The SMILES string of the molecule is CC(C)(C)COC(=O)N1CCC(n2ccc3c(Nc4ccc(C#N)cc4Cl)ncnc32)CC1. The van der Waals surface area contributed by atoms with Crippen molar-refractivity contribution in [1.29, 1.82) is 5.26 Å². The fourth-order valence-electron chi connectivity index (χ4n) is 3.87. The lowest BCUT2D eigenvalue weighted by Gasteiger charge is -2.33. The Bertz CT molecular complexity index is 1200. The number of amides is 1. The molecular formula is C24H27ClN6O2. The Morgan fingerprint density at radius 3 is 2.70 bits per heavy atom. The lowest BCUT2D eigenvalue weighted by Crippen LogP contribution is -2.40. The van der Waals surface area contributed by atoms with E-state index in [1.54, 1.807) is 23.1 Å². The van der Waals surface area contributed by atoms with Gasteiger partial charge in [0.1, 0.15) is 17.8 Å². The first-order valence-corrected chi connectivity index (χ1v) is 11.3. The van der Waals surface area contributed by atoms with E-state index in [0.717, 1.165) is 23.9 Å². The van der Waals surface area contributed by atoms with Crippen molar-refractivity contribution in [3.05, 3.63) is 47.4 Å². The van der Waals surface area contributed by atoms with Gasteiger partial charge in [-0.25, -0.2) is 14.8 Å². The van der Waals surface area contributed by atoms with Crippen LogP contribution in [0.1, 0.15) is 45.2 Å². The Kier molecular flexibility index (Phi) is 6.43. The van der Waals surface area contributed by atoms with Gasteiger partial charge in [-0.05, 0) is 42.5 Å². The molecule has 1 aromatic carbocycles. The molecule has 0 atom stereocenters. The maximum atomic E-state index is 12.4. The van der Waals surface area contributed by atoms with Gasteiger partial charge in [0.25, 0.3) is 0 Å². The summed E-state index contributed by atoms with van der Waals surface area (Å²) in [6.07, 6.45) is 4.94. The zero-order chi connectivity index (χ0) is 23.6. The van der Waals surface area contributed by atoms with E-state index < -0.39 is 0 Å².